The molecule has 4 rings (SSSR count). The molecule has 5 nitrogen and oxygen atoms in total. The second kappa shape index (κ2) is 7.66. The number of hydrogen-bond acceptors (Lipinski definition) is 3. The molecule has 0 radical (unpaired) electrons. The maximum atomic E-state index is 12.4. The van der Waals surface area contributed by atoms with E-state index in [1.165, 1.54) is 0 Å². The first-order valence-electron chi connectivity index (χ1n) is 9.39. The molecule has 0 bridgehead atoms. The van der Waals surface area contributed by atoms with Gasteiger partial charge in [0.1, 0.15) is 0 Å². The van der Waals surface area contributed by atoms with Crippen LogP contribution in [-0.4, -0.2) is 35.2 Å². The molecule has 27 heavy (non-hydrogen) atoms. The lowest BCUT2D eigenvalue weighted by atomic mass is 10.1. The first kappa shape index (κ1) is 17.3. The lowest BCUT2D eigenvalue weighted by molar-refractivity contribution is -0.121. The fraction of sp³-hybridized carbons (Fsp3) is 0.273. The number of anilines is 1. The number of rotatable bonds is 5. The average Bonchev–Trinajstić information content (AvgIpc) is 3.34. The number of nitrogens with zero attached hydrogens (tertiary/aromatic N) is 2. The number of carbonyl (C=O) groups excluding carboxylic acids is 1. The maximum Gasteiger partial charge on any atom is 0.224 e. The number of hydrogen-bond donors (Lipinski definition) is 2. The minimum Gasteiger partial charge on any atom is -0.353 e. The van der Waals surface area contributed by atoms with E-state index in [0.717, 1.165) is 47.7 Å². The molecule has 2 N–H and O–H groups in total. The van der Waals surface area contributed by atoms with Gasteiger partial charge in [-0.3, -0.25) is 9.89 Å². The molecule has 2 aromatic carbocycles. The van der Waals surface area contributed by atoms with Crippen LogP contribution in [0.25, 0.3) is 11.3 Å². The normalized spacial score (nSPS) is 16.5. The van der Waals surface area contributed by atoms with Crippen molar-refractivity contribution in [2.24, 2.45) is 0 Å². The summed E-state index contributed by atoms with van der Waals surface area (Å²) in [6.07, 6.45) is 1.37. The predicted octanol–water partition coefficient (Wildman–Crippen LogP) is 3.32. The van der Waals surface area contributed by atoms with E-state index in [0.29, 0.717) is 6.42 Å². The van der Waals surface area contributed by atoms with Gasteiger partial charge in [0.25, 0.3) is 0 Å². The van der Waals surface area contributed by atoms with E-state index >= 15 is 0 Å². The molecule has 5 heteroatoms. The lowest BCUT2D eigenvalue weighted by Gasteiger charge is -2.16. The number of nitrogens with one attached hydrogen (secondary N) is 2. The van der Waals surface area contributed by atoms with Crippen LogP contribution in [0.5, 0.6) is 0 Å². The molecule has 1 unspecified atom stereocenters. The molecule has 1 amide bonds. The van der Waals surface area contributed by atoms with Crippen molar-refractivity contribution >= 4 is 11.7 Å². The zero-order chi connectivity index (χ0) is 18.6. The molecule has 0 spiro atoms. The highest BCUT2D eigenvalue weighted by Crippen LogP contribution is 2.24. The van der Waals surface area contributed by atoms with Gasteiger partial charge in [-0.05, 0) is 30.0 Å². The van der Waals surface area contributed by atoms with E-state index in [9.17, 15) is 4.79 Å². The Morgan fingerprint density at radius 2 is 1.96 bits per heavy atom. The van der Waals surface area contributed by atoms with Crippen LogP contribution in [-0.2, 0) is 11.2 Å². The average molecular weight is 360 g/mol. The van der Waals surface area contributed by atoms with Crippen molar-refractivity contribution < 1.29 is 4.79 Å². The van der Waals surface area contributed by atoms with Crippen molar-refractivity contribution in [3.8, 4) is 11.3 Å². The Morgan fingerprint density at radius 1 is 1.19 bits per heavy atom. The van der Waals surface area contributed by atoms with E-state index in [1.807, 2.05) is 49.4 Å². The zero-order valence-electron chi connectivity index (χ0n) is 15.5. The van der Waals surface area contributed by atoms with Crippen molar-refractivity contribution in [1.82, 2.24) is 15.5 Å². The highest BCUT2D eigenvalue weighted by Gasteiger charge is 2.25. The summed E-state index contributed by atoms with van der Waals surface area (Å²) < 4.78 is 0. The minimum absolute atomic E-state index is 0.0863. The second-order valence-electron chi connectivity index (χ2n) is 7.11. The first-order valence-corrected chi connectivity index (χ1v) is 9.39. The van der Waals surface area contributed by atoms with E-state index in [4.69, 9.17) is 0 Å². The van der Waals surface area contributed by atoms with E-state index in [1.54, 1.807) is 0 Å². The molecular weight excluding hydrogens is 336 g/mol. The number of H-pyrrole nitrogens is 1. The molecule has 0 aliphatic carbocycles. The number of carbonyl (C=O) groups is 1. The second-order valence-corrected chi connectivity index (χ2v) is 7.11. The highest BCUT2D eigenvalue weighted by molar-refractivity contribution is 5.79. The number of amides is 1. The molecule has 1 aliphatic heterocycles. The Balaban J connectivity index is 1.34. The van der Waals surface area contributed by atoms with Gasteiger partial charge in [0.2, 0.25) is 5.91 Å². The summed E-state index contributed by atoms with van der Waals surface area (Å²) in [6, 6.07) is 20.5. The molecule has 1 atom stereocenters. The van der Waals surface area contributed by atoms with Crippen LogP contribution in [0.3, 0.4) is 0 Å². The monoisotopic (exact) mass is 360 g/mol. The van der Waals surface area contributed by atoms with Gasteiger partial charge in [-0.15, -0.1) is 0 Å². The summed E-state index contributed by atoms with van der Waals surface area (Å²) in [6.45, 7) is 3.73. The summed E-state index contributed by atoms with van der Waals surface area (Å²) in [5.74, 6) is 1.02. The quantitative estimate of drug-likeness (QED) is 0.734. The third-order valence-corrected chi connectivity index (χ3v) is 5.14. The van der Waals surface area contributed by atoms with Gasteiger partial charge >= 0.3 is 0 Å². The molecule has 0 saturated carbocycles. The van der Waals surface area contributed by atoms with Gasteiger partial charge in [0.15, 0.2) is 5.82 Å². The van der Waals surface area contributed by atoms with Crippen LogP contribution >= 0.6 is 0 Å². The maximum absolute atomic E-state index is 12.4. The van der Waals surface area contributed by atoms with Crippen molar-refractivity contribution in [3.63, 3.8) is 0 Å². The zero-order valence-corrected chi connectivity index (χ0v) is 15.5. The lowest BCUT2D eigenvalue weighted by Crippen LogP contribution is -2.38. The van der Waals surface area contributed by atoms with Gasteiger partial charge in [-0.1, -0.05) is 54.6 Å². The number of aromatic nitrogens is 2. The summed E-state index contributed by atoms with van der Waals surface area (Å²) in [5, 5.41) is 10.7. The Hall–Kier alpha value is -3.08. The van der Waals surface area contributed by atoms with Crippen LogP contribution in [0.4, 0.5) is 5.82 Å². The Labute approximate surface area is 159 Å². The van der Waals surface area contributed by atoms with Crippen molar-refractivity contribution in [1.29, 1.82) is 0 Å². The van der Waals surface area contributed by atoms with Gasteiger partial charge in [-0.2, -0.15) is 5.10 Å². The number of aromatic amines is 1. The minimum atomic E-state index is 0.0863. The number of aryl methyl sites for hydroxylation is 1. The van der Waals surface area contributed by atoms with Crippen LogP contribution in [0.1, 0.15) is 17.5 Å². The molecule has 138 valence electrons. The van der Waals surface area contributed by atoms with E-state index < -0.39 is 0 Å². The molecule has 1 saturated heterocycles. The van der Waals surface area contributed by atoms with Crippen molar-refractivity contribution in [2.75, 3.05) is 18.0 Å². The van der Waals surface area contributed by atoms with Crippen LogP contribution in [0.2, 0.25) is 0 Å². The Morgan fingerprint density at radius 3 is 2.78 bits per heavy atom. The third kappa shape index (κ3) is 4.03. The summed E-state index contributed by atoms with van der Waals surface area (Å²) in [7, 11) is 0. The molecule has 3 aromatic rings. The van der Waals surface area contributed by atoms with Crippen LogP contribution < -0.4 is 10.2 Å². The fourth-order valence-corrected chi connectivity index (χ4v) is 3.59. The topological polar surface area (TPSA) is 61.0 Å². The third-order valence-electron chi connectivity index (χ3n) is 5.14. The summed E-state index contributed by atoms with van der Waals surface area (Å²) >= 11 is 0. The first-order chi connectivity index (χ1) is 13.2. The van der Waals surface area contributed by atoms with Crippen LogP contribution in [0, 0.1) is 6.92 Å². The predicted molar refractivity (Wildman–Crippen MR) is 108 cm³/mol. The fourth-order valence-electron chi connectivity index (χ4n) is 3.59. The standard InChI is InChI=1S/C22H24N4O/c1-16-7-5-6-10-18(16)13-22(27)23-19-11-12-26(15-19)21-14-20(24-25-21)17-8-3-2-4-9-17/h2-10,14,19H,11-13,15H2,1H3,(H,23,27)(H,24,25). The molecular formula is C22H24N4O. The van der Waals surface area contributed by atoms with Crippen molar-refractivity contribution in [2.45, 2.75) is 25.8 Å². The number of benzene rings is 2. The Bertz CT molecular complexity index is 919. The largest absolute Gasteiger partial charge is 0.353 e. The van der Waals surface area contributed by atoms with E-state index in [-0.39, 0.29) is 11.9 Å². The molecule has 2 heterocycles. The molecule has 1 aromatic heterocycles. The van der Waals surface area contributed by atoms with Gasteiger partial charge in [-0.25, -0.2) is 0 Å². The SMILES string of the molecule is Cc1ccccc1CC(=O)NC1CCN(c2cc(-c3ccccc3)[nH]n2)C1. The van der Waals surface area contributed by atoms with Gasteiger partial charge in [0, 0.05) is 25.2 Å². The van der Waals surface area contributed by atoms with Crippen molar-refractivity contribution in [3.05, 3.63) is 71.8 Å². The molecule has 1 aliphatic rings. The highest BCUT2D eigenvalue weighted by atomic mass is 16.1. The van der Waals surface area contributed by atoms with Gasteiger partial charge < -0.3 is 10.2 Å². The van der Waals surface area contributed by atoms with Gasteiger partial charge in [0.05, 0.1) is 12.1 Å². The smallest absolute Gasteiger partial charge is 0.224 e. The Kier molecular flexibility index (Phi) is 4.92. The molecule has 1 fully saturated rings. The summed E-state index contributed by atoms with van der Waals surface area (Å²) in [4.78, 5) is 14.6. The summed E-state index contributed by atoms with van der Waals surface area (Å²) in [5.41, 5.74) is 4.38. The van der Waals surface area contributed by atoms with Crippen LogP contribution in [0.15, 0.2) is 60.7 Å². The van der Waals surface area contributed by atoms with E-state index in [2.05, 4.69) is 38.6 Å².